The number of piperazine rings is 1. The van der Waals surface area contributed by atoms with Crippen LogP contribution < -0.4 is 5.32 Å². The van der Waals surface area contributed by atoms with Crippen molar-refractivity contribution >= 4 is 11.8 Å². The lowest BCUT2D eigenvalue weighted by Crippen LogP contribution is -2.58. The number of carbonyl (C=O) groups is 2. The van der Waals surface area contributed by atoms with Crippen LogP contribution in [0.15, 0.2) is 33.6 Å². The Hall–Kier alpha value is -3.56. The van der Waals surface area contributed by atoms with Gasteiger partial charge in [0.2, 0.25) is 23.5 Å². The maximum atomic E-state index is 12.9. The van der Waals surface area contributed by atoms with E-state index in [1.807, 2.05) is 0 Å². The van der Waals surface area contributed by atoms with Gasteiger partial charge in [-0.1, -0.05) is 10.3 Å². The molecule has 10 heteroatoms. The SMILES string of the molecule is Cc1noc(C)c1CC(=O)N1CCNC(=O)C1Cc1nc(-c2ccncc2)no1. The average Bonchev–Trinajstić information content (AvgIpc) is 3.32. The highest BCUT2D eigenvalue weighted by molar-refractivity contribution is 5.89. The van der Waals surface area contributed by atoms with Crippen LogP contribution in [-0.2, 0) is 22.4 Å². The number of pyridine rings is 1. The van der Waals surface area contributed by atoms with Gasteiger partial charge in [0, 0.05) is 36.6 Å². The molecule has 29 heavy (non-hydrogen) atoms. The normalized spacial score (nSPS) is 16.7. The minimum Gasteiger partial charge on any atom is -0.361 e. The first-order valence-electron chi connectivity index (χ1n) is 9.25. The molecule has 10 nitrogen and oxygen atoms in total. The predicted molar refractivity (Wildman–Crippen MR) is 99.4 cm³/mol. The Labute approximate surface area is 166 Å². The van der Waals surface area contributed by atoms with Gasteiger partial charge in [0.05, 0.1) is 18.5 Å². The molecule has 4 heterocycles. The summed E-state index contributed by atoms with van der Waals surface area (Å²) in [5.74, 6) is 0.883. The van der Waals surface area contributed by atoms with Gasteiger partial charge in [-0.05, 0) is 26.0 Å². The lowest BCUT2D eigenvalue weighted by atomic mass is 10.1. The lowest BCUT2D eigenvalue weighted by molar-refractivity contribution is -0.142. The van der Waals surface area contributed by atoms with Gasteiger partial charge >= 0.3 is 0 Å². The van der Waals surface area contributed by atoms with Crippen LogP contribution in [0.2, 0.25) is 0 Å². The van der Waals surface area contributed by atoms with E-state index in [9.17, 15) is 9.59 Å². The molecule has 1 aliphatic rings. The van der Waals surface area contributed by atoms with E-state index in [2.05, 4.69) is 25.6 Å². The van der Waals surface area contributed by atoms with E-state index in [4.69, 9.17) is 9.05 Å². The molecule has 1 unspecified atom stereocenters. The third-order valence-corrected chi connectivity index (χ3v) is 4.93. The number of carbonyl (C=O) groups excluding carboxylic acids is 2. The Kier molecular flexibility index (Phi) is 5.07. The molecular weight excluding hydrogens is 376 g/mol. The van der Waals surface area contributed by atoms with Crippen molar-refractivity contribution in [3.8, 4) is 11.4 Å². The monoisotopic (exact) mass is 396 g/mol. The molecule has 2 amide bonds. The Balaban J connectivity index is 1.52. The molecule has 150 valence electrons. The number of rotatable bonds is 5. The molecular formula is C19H20N6O4. The third kappa shape index (κ3) is 3.86. The van der Waals surface area contributed by atoms with Gasteiger partial charge in [0.1, 0.15) is 11.8 Å². The summed E-state index contributed by atoms with van der Waals surface area (Å²) in [6.45, 7) is 4.36. The number of hydrogen-bond donors (Lipinski definition) is 1. The van der Waals surface area contributed by atoms with Crippen molar-refractivity contribution in [2.75, 3.05) is 13.1 Å². The van der Waals surface area contributed by atoms with E-state index < -0.39 is 6.04 Å². The van der Waals surface area contributed by atoms with Gasteiger partial charge in [-0.15, -0.1) is 0 Å². The summed E-state index contributed by atoms with van der Waals surface area (Å²) >= 11 is 0. The Morgan fingerprint density at radius 2 is 2.03 bits per heavy atom. The first kappa shape index (κ1) is 18.8. The van der Waals surface area contributed by atoms with Crippen molar-refractivity contribution in [3.63, 3.8) is 0 Å². The summed E-state index contributed by atoms with van der Waals surface area (Å²) in [5.41, 5.74) is 2.18. The van der Waals surface area contributed by atoms with Crippen molar-refractivity contribution in [1.29, 1.82) is 0 Å². The molecule has 0 saturated carbocycles. The second-order valence-electron chi connectivity index (χ2n) is 6.83. The second-order valence-corrected chi connectivity index (χ2v) is 6.83. The zero-order valence-corrected chi connectivity index (χ0v) is 16.1. The molecule has 1 fully saturated rings. The third-order valence-electron chi connectivity index (χ3n) is 4.93. The summed E-state index contributed by atoms with van der Waals surface area (Å²) in [4.78, 5) is 35.3. The Morgan fingerprint density at radius 1 is 1.24 bits per heavy atom. The molecule has 4 rings (SSSR count). The van der Waals surface area contributed by atoms with Crippen LogP contribution in [0, 0.1) is 13.8 Å². The van der Waals surface area contributed by atoms with E-state index in [1.165, 1.54) is 0 Å². The van der Waals surface area contributed by atoms with Gasteiger partial charge in [-0.25, -0.2) is 0 Å². The standard InChI is InChI=1S/C19H20N6O4/c1-11-14(12(2)28-23-11)9-17(26)25-8-7-21-19(27)15(25)10-16-22-18(24-29-16)13-3-5-20-6-4-13/h3-6,15H,7-10H2,1-2H3,(H,21,27). The first-order valence-corrected chi connectivity index (χ1v) is 9.25. The molecule has 0 spiro atoms. The molecule has 1 aliphatic heterocycles. The average molecular weight is 396 g/mol. The first-order chi connectivity index (χ1) is 14.0. The highest BCUT2D eigenvalue weighted by atomic mass is 16.5. The topological polar surface area (TPSA) is 127 Å². The quantitative estimate of drug-likeness (QED) is 0.672. The van der Waals surface area contributed by atoms with Crippen molar-refractivity contribution in [2.24, 2.45) is 0 Å². The fraction of sp³-hybridized carbons (Fsp3) is 0.368. The molecule has 1 atom stereocenters. The van der Waals surface area contributed by atoms with Gasteiger partial charge in [-0.2, -0.15) is 4.98 Å². The number of nitrogens with one attached hydrogen (secondary N) is 1. The van der Waals surface area contributed by atoms with E-state index in [0.29, 0.717) is 30.4 Å². The number of aryl methyl sites for hydroxylation is 2. The highest BCUT2D eigenvalue weighted by Gasteiger charge is 2.35. The molecule has 0 bridgehead atoms. The van der Waals surface area contributed by atoms with Crippen LogP contribution in [0.4, 0.5) is 0 Å². The Morgan fingerprint density at radius 3 is 2.76 bits per heavy atom. The smallest absolute Gasteiger partial charge is 0.243 e. The van der Waals surface area contributed by atoms with Gasteiger partial charge in [0.25, 0.3) is 0 Å². The van der Waals surface area contributed by atoms with Crippen LogP contribution in [0.5, 0.6) is 0 Å². The van der Waals surface area contributed by atoms with Crippen LogP contribution in [-0.4, -0.2) is 56.1 Å². The van der Waals surface area contributed by atoms with Crippen LogP contribution in [0.3, 0.4) is 0 Å². The Bertz CT molecular complexity index is 1010. The molecule has 3 aromatic heterocycles. The van der Waals surface area contributed by atoms with Crippen LogP contribution in [0.1, 0.15) is 22.9 Å². The minimum atomic E-state index is -0.720. The van der Waals surface area contributed by atoms with Gasteiger partial charge < -0.3 is 19.3 Å². The summed E-state index contributed by atoms with van der Waals surface area (Å²) in [5, 5.41) is 10.6. The second kappa shape index (κ2) is 7.82. The fourth-order valence-corrected chi connectivity index (χ4v) is 3.34. The maximum Gasteiger partial charge on any atom is 0.243 e. The van der Waals surface area contributed by atoms with Crippen LogP contribution in [0.25, 0.3) is 11.4 Å². The van der Waals surface area contributed by atoms with Crippen molar-refractivity contribution in [2.45, 2.75) is 32.7 Å². The van der Waals surface area contributed by atoms with Crippen molar-refractivity contribution in [3.05, 3.63) is 47.4 Å². The van der Waals surface area contributed by atoms with E-state index in [1.54, 1.807) is 43.3 Å². The number of nitrogens with zero attached hydrogens (tertiary/aromatic N) is 5. The molecule has 0 aromatic carbocycles. The number of aromatic nitrogens is 4. The number of amides is 2. The number of hydrogen-bond acceptors (Lipinski definition) is 8. The molecule has 1 saturated heterocycles. The van der Waals surface area contributed by atoms with Crippen molar-refractivity contribution in [1.82, 2.24) is 30.5 Å². The zero-order chi connectivity index (χ0) is 20.4. The van der Waals surface area contributed by atoms with E-state index >= 15 is 0 Å². The van der Waals surface area contributed by atoms with E-state index in [0.717, 1.165) is 11.1 Å². The molecule has 3 aromatic rings. The summed E-state index contributed by atoms with van der Waals surface area (Å²) in [6.07, 6.45) is 3.53. The lowest BCUT2D eigenvalue weighted by Gasteiger charge is -2.34. The van der Waals surface area contributed by atoms with Gasteiger partial charge in [0.15, 0.2) is 0 Å². The molecule has 0 aliphatic carbocycles. The largest absolute Gasteiger partial charge is 0.361 e. The minimum absolute atomic E-state index is 0.122. The van der Waals surface area contributed by atoms with Crippen LogP contribution >= 0.6 is 0 Å². The summed E-state index contributed by atoms with van der Waals surface area (Å²) in [6, 6.07) is 2.81. The predicted octanol–water partition coefficient (Wildman–Crippen LogP) is 0.849. The van der Waals surface area contributed by atoms with E-state index in [-0.39, 0.29) is 30.5 Å². The van der Waals surface area contributed by atoms with Crippen molar-refractivity contribution < 1.29 is 18.6 Å². The highest BCUT2D eigenvalue weighted by Crippen LogP contribution is 2.19. The summed E-state index contributed by atoms with van der Waals surface area (Å²) < 4.78 is 10.5. The summed E-state index contributed by atoms with van der Waals surface area (Å²) in [7, 11) is 0. The van der Waals surface area contributed by atoms with Gasteiger partial charge in [-0.3, -0.25) is 14.6 Å². The molecule has 0 radical (unpaired) electrons. The maximum absolute atomic E-state index is 12.9. The zero-order valence-electron chi connectivity index (χ0n) is 16.1. The molecule has 1 N–H and O–H groups in total. The fourth-order valence-electron chi connectivity index (χ4n) is 3.34.